The Kier molecular flexibility index (Phi) is 2.82. The highest BCUT2D eigenvalue weighted by Crippen LogP contribution is 2.23. The summed E-state index contributed by atoms with van der Waals surface area (Å²) in [4.78, 5) is 11.2. The second-order valence-corrected chi connectivity index (χ2v) is 4.35. The second kappa shape index (κ2) is 4.12. The number of nitrogens with zero attached hydrogens (tertiary/aromatic N) is 1. The fraction of sp³-hybridized carbons (Fsp3) is 0.357. The summed E-state index contributed by atoms with van der Waals surface area (Å²) in [6, 6.07) is 6.49. The van der Waals surface area contributed by atoms with Gasteiger partial charge in [0.1, 0.15) is 5.78 Å². The van der Waals surface area contributed by atoms with Crippen molar-refractivity contribution in [2.75, 3.05) is 0 Å². The topological polar surface area (TPSA) is 22.0 Å². The highest BCUT2D eigenvalue weighted by atomic mass is 16.1. The summed E-state index contributed by atoms with van der Waals surface area (Å²) in [6.07, 6.45) is 3.63. The first-order valence-electron chi connectivity index (χ1n) is 5.68. The van der Waals surface area contributed by atoms with Crippen molar-refractivity contribution in [2.45, 2.75) is 26.7 Å². The van der Waals surface area contributed by atoms with E-state index in [0.717, 1.165) is 12.0 Å². The molecule has 0 amide bonds. The van der Waals surface area contributed by atoms with Gasteiger partial charge in [-0.15, -0.1) is 0 Å². The van der Waals surface area contributed by atoms with E-state index in [2.05, 4.69) is 35.9 Å². The molecule has 0 N–H and O–H groups in total. The van der Waals surface area contributed by atoms with Crippen LogP contribution in [0.1, 0.15) is 25.0 Å². The van der Waals surface area contributed by atoms with Crippen LogP contribution in [0.2, 0.25) is 0 Å². The third kappa shape index (κ3) is 1.87. The number of carbonyl (C=O) groups is 1. The summed E-state index contributed by atoms with van der Waals surface area (Å²) in [5, 5.41) is 1.22. The van der Waals surface area contributed by atoms with Crippen molar-refractivity contribution in [3.8, 4) is 0 Å². The van der Waals surface area contributed by atoms with Crippen LogP contribution < -0.4 is 0 Å². The van der Waals surface area contributed by atoms with Crippen LogP contribution in [0.5, 0.6) is 0 Å². The molecule has 2 aromatic rings. The Morgan fingerprint density at radius 3 is 2.75 bits per heavy atom. The van der Waals surface area contributed by atoms with Gasteiger partial charge in [0.15, 0.2) is 0 Å². The smallest absolute Gasteiger partial charge is 0.134 e. The lowest BCUT2D eigenvalue weighted by Crippen LogP contribution is -1.95. The first-order valence-corrected chi connectivity index (χ1v) is 5.68. The third-order valence-electron chi connectivity index (χ3n) is 2.98. The average Bonchev–Trinajstić information content (AvgIpc) is 2.54. The molecule has 0 saturated carbocycles. The van der Waals surface area contributed by atoms with E-state index in [4.69, 9.17) is 0 Å². The number of hydrogen-bond acceptors (Lipinski definition) is 1. The summed E-state index contributed by atoms with van der Waals surface area (Å²) < 4.78 is 2.09. The Balaban J connectivity index is 2.60. The monoisotopic (exact) mass is 215 g/mol. The second-order valence-electron chi connectivity index (χ2n) is 4.35. The zero-order valence-electron chi connectivity index (χ0n) is 10.1. The highest BCUT2D eigenvalue weighted by molar-refractivity contribution is 5.89. The van der Waals surface area contributed by atoms with Gasteiger partial charge in [0.05, 0.1) is 0 Å². The van der Waals surface area contributed by atoms with Crippen LogP contribution in [-0.4, -0.2) is 10.4 Å². The molecule has 0 bridgehead atoms. The predicted octanol–water partition coefficient (Wildman–Crippen LogP) is 2.87. The van der Waals surface area contributed by atoms with Crippen molar-refractivity contribution in [1.29, 1.82) is 0 Å². The van der Waals surface area contributed by atoms with E-state index in [1.54, 1.807) is 6.92 Å². The highest BCUT2D eigenvalue weighted by Gasteiger charge is 2.08. The summed E-state index contributed by atoms with van der Waals surface area (Å²) in [5.74, 6) is 0.217. The molecule has 0 radical (unpaired) electrons. The number of Topliss-reactive ketones (excluding diaryl/α,β-unsaturated/α-hetero) is 1. The molecule has 2 nitrogen and oxygen atoms in total. The number of rotatable bonds is 3. The van der Waals surface area contributed by atoms with Crippen LogP contribution in [0.3, 0.4) is 0 Å². The fourth-order valence-electron chi connectivity index (χ4n) is 2.15. The number of ketones is 1. The molecule has 1 aromatic heterocycles. The van der Waals surface area contributed by atoms with Crippen LogP contribution in [0.25, 0.3) is 10.9 Å². The van der Waals surface area contributed by atoms with Gasteiger partial charge >= 0.3 is 0 Å². The van der Waals surface area contributed by atoms with E-state index < -0.39 is 0 Å². The van der Waals surface area contributed by atoms with E-state index >= 15 is 0 Å². The molecule has 0 unspecified atom stereocenters. The zero-order chi connectivity index (χ0) is 11.7. The molecular weight excluding hydrogens is 198 g/mol. The quantitative estimate of drug-likeness (QED) is 0.771. The van der Waals surface area contributed by atoms with Gasteiger partial charge in [0.2, 0.25) is 0 Å². The van der Waals surface area contributed by atoms with E-state index in [9.17, 15) is 4.79 Å². The number of benzene rings is 1. The summed E-state index contributed by atoms with van der Waals surface area (Å²) in [5.41, 5.74) is 3.66. The van der Waals surface area contributed by atoms with Crippen molar-refractivity contribution in [2.24, 2.45) is 7.05 Å². The summed E-state index contributed by atoms with van der Waals surface area (Å²) in [7, 11) is 2.03. The minimum absolute atomic E-state index is 0.217. The first-order chi connectivity index (χ1) is 7.61. The lowest BCUT2D eigenvalue weighted by molar-refractivity contribution is -0.116. The molecule has 0 aliphatic carbocycles. The van der Waals surface area contributed by atoms with Gasteiger partial charge < -0.3 is 4.57 Å². The molecule has 0 spiro atoms. The fourth-order valence-corrected chi connectivity index (χ4v) is 2.15. The van der Waals surface area contributed by atoms with Gasteiger partial charge in [0.25, 0.3) is 0 Å². The molecule has 0 saturated heterocycles. The minimum Gasteiger partial charge on any atom is -0.350 e. The van der Waals surface area contributed by atoms with Crippen LogP contribution in [-0.2, 0) is 24.7 Å². The maximum Gasteiger partial charge on any atom is 0.134 e. The Labute approximate surface area is 95.9 Å². The van der Waals surface area contributed by atoms with E-state index in [1.807, 2.05) is 7.05 Å². The Morgan fingerprint density at radius 2 is 2.12 bits per heavy atom. The summed E-state index contributed by atoms with van der Waals surface area (Å²) in [6.45, 7) is 3.79. The Bertz CT molecular complexity index is 537. The van der Waals surface area contributed by atoms with Gasteiger partial charge in [-0.2, -0.15) is 0 Å². The van der Waals surface area contributed by atoms with Crippen molar-refractivity contribution >= 4 is 16.7 Å². The molecular formula is C14H17NO. The zero-order valence-corrected chi connectivity index (χ0v) is 10.1. The average molecular weight is 215 g/mol. The normalized spacial score (nSPS) is 10.9. The Morgan fingerprint density at radius 1 is 1.38 bits per heavy atom. The summed E-state index contributed by atoms with van der Waals surface area (Å²) >= 11 is 0. The Hall–Kier alpha value is -1.57. The van der Waals surface area contributed by atoms with Gasteiger partial charge in [0, 0.05) is 30.6 Å². The minimum atomic E-state index is 0.217. The van der Waals surface area contributed by atoms with Gasteiger partial charge in [-0.1, -0.05) is 13.0 Å². The van der Waals surface area contributed by atoms with E-state index in [1.165, 1.54) is 16.5 Å². The molecule has 0 fully saturated rings. The van der Waals surface area contributed by atoms with Crippen molar-refractivity contribution in [1.82, 2.24) is 4.57 Å². The lowest BCUT2D eigenvalue weighted by atomic mass is 10.0. The molecule has 0 atom stereocenters. The number of aromatic nitrogens is 1. The van der Waals surface area contributed by atoms with Crippen molar-refractivity contribution < 1.29 is 4.79 Å². The van der Waals surface area contributed by atoms with Gasteiger partial charge in [-0.3, -0.25) is 4.79 Å². The van der Waals surface area contributed by atoms with E-state index in [0.29, 0.717) is 6.42 Å². The van der Waals surface area contributed by atoms with Crippen molar-refractivity contribution in [3.63, 3.8) is 0 Å². The van der Waals surface area contributed by atoms with Crippen LogP contribution in [0.4, 0.5) is 0 Å². The van der Waals surface area contributed by atoms with Crippen LogP contribution >= 0.6 is 0 Å². The van der Waals surface area contributed by atoms with Crippen LogP contribution in [0.15, 0.2) is 24.4 Å². The SMILES string of the molecule is CCc1ccc2c(c1)c(CC(C)=O)cn2C. The molecule has 1 aromatic carbocycles. The van der Waals surface area contributed by atoms with Crippen LogP contribution in [0, 0.1) is 0 Å². The molecule has 1 heterocycles. The number of carbonyl (C=O) groups excluding carboxylic acids is 1. The molecule has 0 aliphatic rings. The molecule has 0 aliphatic heterocycles. The maximum absolute atomic E-state index is 11.2. The molecule has 2 rings (SSSR count). The lowest BCUT2D eigenvalue weighted by Gasteiger charge is -2.00. The number of aryl methyl sites for hydroxylation is 2. The predicted molar refractivity (Wildman–Crippen MR) is 66.7 cm³/mol. The largest absolute Gasteiger partial charge is 0.350 e. The number of hydrogen-bond donors (Lipinski definition) is 0. The standard InChI is InChI=1S/C14H17NO/c1-4-11-5-6-14-13(8-11)12(7-10(2)16)9-15(14)3/h5-6,8-9H,4,7H2,1-3H3. The molecule has 84 valence electrons. The maximum atomic E-state index is 11.2. The van der Waals surface area contributed by atoms with Gasteiger partial charge in [-0.25, -0.2) is 0 Å². The van der Waals surface area contributed by atoms with Crippen molar-refractivity contribution in [3.05, 3.63) is 35.5 Å². The van der Waals surface area contributed by atoms with E-state index in [-0.39, 0.29) is 5.78 Å². The first kappa shape index (κ1) is 10.9. The number of fused-ring (bicyclic) bond motifs is 1. The molecule has 16 heavy (non-hydrogen) atoms. The third-order valence-corrected chi connectivity index (χ3v) is 2.98. The molecule has 2 heteroatoms. The van der Waals surface area contributed by atoms with Gasteiger partial charge in [-0.05, 0) is 36.6 Å².